The van der Waals surface area contributed by atoms with E-state index in [9.17, 15) is 21.6 Å². The van der Waals surface area contributed by atoms with Gasteiger partial charge in [0.1, 0.15) is 5.75 Å². The lowest BCUT2D eigenvalue weighted by Gasteiger charge is -2.31. The molecule has 0 aliphatic carbocycles. The van der Waals surface area contributed by atoms with Gasteiger partial charge >= 0.3 is 0 Å². The van der Waals surface area contributed by atoms with E-state index in [1.165, 1.54) is 20.7 Å². The number of rotatable bonds is 10. The highest BCUT2D eigenvalue weighted by Gasteiger charge is 2.33. The third kappa shape index (κ3) is 6.51. The third-order valence-corrected chi connectivity index (χ3v) is 11.0. The lowest BCUT2D eigenvalue weighted by molar-refractivity contribution is -0.126. The van der Waals surface area contributed by atoms with Gasteiger partial charge < -0.3 is 10.1 Å². The maximum atomic E-state index is 13.2. The summed E-state index contributed by atoms with van der Waals surface area (Å²) in [5.41, 5.74) is 0.908. The molecular weight excluding hydrogens is 550 g/mol. The molecular formula is C26H34ClN3O6S2. The molecule has 1 amide bonds. The first-order chi connectivity index (χ1) is 18.1. The van der Waals surface area contributed by atoms with Gasteiger partial charge in [-0.25, -0.2) is 16.8 Å². The summed E-state index contributed by atoms with van der Waals surface area (Å²) in [6, 6.07) is 11.2. The number of carbonyl (C=O) groups is 1. The molecule has 2 fully saturated rings. The van der Waals surface area contributed by atoms with Crippen LogP contribution >= 0.6 is 11.6 Å². The number of benzene rings is 2. The largest absolute Gasteiger partial charge is 0.492 e. The van der Waals surface area contributed by atoms with E-state index in [0.29, 0.717) is 57.8 Å². The Kier molecular flexibility index (Phi) is 9.36. The van der Waals surface area contributed by atoms with Gasteiger partial charge in [0, 0.05) is 32.7 Å². The fourth-order valence-electron chi connectivity index (χ4n) is 4.82. The van der Waals surface area contributed by atoms with E-state index in [0.717, 1.165) is 18.4 Å². The lowest BCUT2D eigenvalue weighted by Crippen LogP contribution is -2.45. The Bertz CT molecular complexity index is 1340. The van der Waals surface area contributed by atoms with Crippen LogP contribution in [0.5, 0.6) is 5.75 Å². The summed E-state index contributed by atoms with van der Waals surface area (Å²) >= 11 is 6.20. The molecule has 2 heterocycles. The van der Waals surface area contributed by atoms with Gasteiger partial charge in [-0.2, -0.15) is 8.61 Å². The Morgan fingerprint density at radius 1 is 0.947 bits per heavy atom. The lowest BCUT2D eigenvalue weighted by atomic mass is 9.99. The molecule has 2 aromatic carbocycles. The van der Waals surface area contributed by atoms with Crippen molar-refractivity contribution in [2.45, 2.75) is 48.8 Å². The molecule has 1 atom stereocenters. The van der Waals surface area contributed by atoms with Crippen molar-refractivity contribution in [1.29, 1.82) is 0 Å². The molecule has 0 unspecified atom stereocenters. The first-order valence-corrected chi connectivity index (χ1v) is 16.2. The molecule has 0 saturated carbocycles. The van der Waals surface area contributed by atoms with E-state index in [1.54, 1.807) is 30.3 Å². The number of piperidine rings is 1. The molecule has 12 heteroatoms. The van der Waals surface area contributed by atoms with E-state index in [-0.39, 0.29) is 27.3 Å². The van der Waals surface area contributed by atoms with Gasteiger partial charge in [0.15, 0.2) is 0 Å². The highest BCUT2D eigenvalue weighted by molar-refractivity contribution is 7.89. The summed E-state index contributed by atoms with van der Waals surface area (Å²) in [6.07, 6.45) is 3.49. The predicted octanol–water partition coefficient (Wildman–Crippen LogP) is 3.28. The van der Waals surface area contributed by atoms with Crippen LogP contribution in [0.2, 0.25) is 5.02 Å². The van der Waals surface area contributed by atoms with Crippen LogP contribution in [0.1, 0.15) is 38.2 Å². The number of hydrogen-bond acceptors (Lipinski definition) is 6. The van der Waals surface area contributed by atoms with Crippen molar-refractivity contribution < 1.29 is 26.4 Å². The first-order valence-electron chi connectivity index (χ1n) is 12.9. The van der Waals surface area contributed by atoms with Gasteiger partial charge in [-0.3, -0.25) is 4.79 Å². The van der Waals surface area contributed by atoms with Gasteiger partial charge in [-0.1, -0.05) is 23.7 Å². The Morgan fingerprint density at radius 2 is 1.58 bits per heavy atom. The van der Waals surface area contributed by atoms with Crippen molar-refractivity contribution >= 4 is 37.6 Å². The number of carbonyl (C=O) groups excluding carboxylic acids is 1. The number of sulfonamides is 2. The third-order valence-electron chi connectivity index (χ3n) is 6.93. The fraction of sp³-hybridized carbons (Fsp3) is 0.500. The molecule has 4 rings (SSSR count). The summed E-state index contributed by atoms with van der Waals surface area (Å²) in [5, 5.41) is 3.13. The van der Waals surface area contributed by atoms with Crippen molar-refractivity contribution in [3.63, 3.8) is 0 Å². The summed E-state index contributed by atoms with van der Waals surface area (Å²) in [6.45, 7) is 4.16. The Balaban J connectivity index is 1.31. The van der Waals surface area contributed by atoms with E-state index < -0.39 is 26.0 Å². The van der Waals surface area contributed by atoms with Gasteiger partial charge in [-0.15, -0.1) is 0 Å². The molecule has 208 valence electrons. The average molecular weight is 584 g/mol. The second-order valence-corrected chi connectivity index (χ2v) is 13.8. The smallest absolute Gasteiger partial charge is 0.243 e. The summed E-state index contributed by atoms with van der Waals surface area (Å²) in [4.78, 5) is 13.2. The molecule has 1 N–H and O–H groups in total. The summed E-state index contributed by atoms with van der Waals surface area (Å²) in [7, 11) is -7.26. The van der Waals surface area contributed by atoms with Crippen LogP contribution in [0.25, 0.3) is 0 Å². The van der Waals surface area contributed by atoms with Crippen LogP contribution in [0.4, 0.5) is 0 Å². The van der Waals surface area contributed by atoms with Crippen LogP contribution in [-0.2, 0) is 31.3 Å². The van der Waals surface area contributed by atoms with Gasteiger partial charge in [0.2, 0.25) is 26.0 Å². The molecule has 2 aliphatic heterocycles. The molecule has 38 heavy (non-hydrogen) atoms. The summed E-state index contributed by atoms with van der Waals surface area (Å²) < 4.78 is 60.0. The van der Waals surface area contributed by atoms with Crippen molar-refractivity contribution in [2.75, 3.05) is 39.3 Å². The SMILES string of the molecule is CCOc1ccc(S(=O)(=O)N2CCC[C@H](C(=O)NCCc3ccc(S(=O)(=O)N4CCCC4)cc3)C2)cc1Cl. The molecule has 0 aromatic heterocycles. The second-order valence-electron chi connectivity index (χ2n) is 9.52. The standard InChI is InChI=1S/C26H34ClN3O6S2/c1-2-36-25-12-11-23(18-24(25)27)38(34,35)30-17-5-6-21(19-30)26(31)28-14-13-20-7-9-22(10-8-20)37(32,33)29-15-3-4-16-29/h7-12,18,21H,2-6,13-17,19H2,1H3,(H,28,31)/t21-/m0/s1. The molecule has 0 radical (unpaired) electrons. The molecule has 0 spiro atoms. The fourth-order valence-corrected chi connectivity index (χ4v) is 8.19. The Hall–Kier alpha value is -2.18. The minimum absolute atomic E-state index is 0.0715. The van der Waals surface area contributed by atoms with Crippen LogP contribution in [0.15, 0.2) is 52.3 Å². The monoisotopic (exact) mass is 583 g/mol. The van der Waals surface area contributed by atoms with Crippen molar-refractivity contribution in [2.24, 2.45) is 5.92 Å². The number of amides is 1. The molecule has 2 saturated heterocycles. The van der Waals surface area contributed by atoms with Crippen LogP contribution in [0.3, 0.4) is 0 Å². The van der Waals surface area contributed by atoms with E-state index >= 15 is 0 Å². The topological polar surface area (TPSA) is 113 Å². The van der Waals surface area contributed by atoms with E-state index in [1.807, 2.05) is 6.92 Å². The molecule has 9 nitrogen and oxygen atoms in total. The number of nitrogens with one attached hydrogen (secondary N) is 1. The van der Waals surface area contributed by atoms with Crippen molar-refractivity contribution in [3.8, 4) is 5.75 Å². The minimum atomic E-state index is -3.81. The molecule has 2 aromatic rings. The predicted molar refractivity (Wildman–Crippen MR) is 145 cm³/mol. The number of halogens is 1. The summed E-state index contributed by atoms with van der Waals surface area (Å²) in [5.74, 6) is -0.223. The zero-order valence-electron chi connectivity index (χ0n) is 21.4. The Morgan fingerprint density at radius 3 is 2.24 bits per heavy atom. The van der Waals surface area contributed by atoms with E-state index in [4.69, 9.17) is 16.3 Å². The quantitative estimate of drug-likeness (QED) is 0.459. The Labute approximate surface area is 230 Å². The normalized spacial score (nSPS) is 19.4. The van der Waals surface area contributed by atoms with Crippen molar-refractivity contribution in [3.05, 3.63) is 53.1 Å². The minimum Gasteiger partial charge on any atom is -0.492 e. The van der Waals surface area contributed by atoms with Gasteiger partial charge in [-0.05, 0) is 74.9 Å². The number of ether oxygens (including phenoxy) is 1. The second kappa shape index (κ2) is 12.3. The maximum absolute atomic E-state index is 13.2. The number of nitrogens with zero attached hydrogens (tertiary/aromatic N) is 2. The van der Waals surface area contributed by atoms with Crippen LogP contribution in [-0.4, -0.2) is 70.7 Å². The zero-order chi connectivity index (χ0) is 27.3. The maximum Gasteiger partial charge on any atom is 0.243 e. The van der Waals surface area contributed by atoms with E-state index in [2.05, 4.69) is 5.32 Å². The first kappa shape index (κ1) is 28.8. The van der Waals surface area contributed by atoms with Crippen LogP contribution in [0, 0.1) is 5.92 Å². The molecule has 0 bridgehead atoms. The van der Waals surface area contributed by atoms with Gasteiger partial charge in [0.05, 0.1) is 27.3 Å². The number of hydrogen-bond donors (Lipinski definition) is 1. The van der Waals surface area contributed by atoms with Crippen LogP contribution < -0.4 is 10.1 Å². The van der Waals surface area contributed by atoms with Crippen molar-refractivity contribution in [1.82, 2.24) is 13.9 Å². The highest BCUT2D eigenvalue weighted by Crippen LogP contribution is 2.30. The highest BCUT2D eigenvalue weighted by atomic mass is 35.5. The molecule has 2 aliphatic rings. The van der Waals surface area contributed by atoms with Gasteiger partial charge in [0.25, 0.3) is 0 Å². The zero-order valence-corrected chi connectivity index (χ0v) is 23.8. The average Bonchev–Trinajstić information content (AvgIpc) is 3.46.